The summed E-state index contributed by atoms with van der Waals surface area (Å²) in [6, 6.07) is 10.1. The first kappa shape index (κ1) is 23.4. The number of rotatable bonds is 6. The first-order chi connectivity index (χ1) is 15.1. The Morgan fingerprint density at radius 1 is 1.19 bits per heavy atom. The van der Waals surface area contributed by atoms with Crippen LogP contribution in [0.15, 0.2) is 52.9 Å². The van der Waals surface area contributed by atoms with Crippen molar-refractivity contribution < 1.29 is 17.6 Å². The lowest BCUT2D eigenvalue weighted by Gasteiger charge is -2.48. The molecule has 0 saturated carbocycles. The maximum Gasteiger partial charge on any atom is 0.252 e. The Hall–Kier alpha value is -1.75. The number of thiophene rings is 1. The van der Waals surface area contributed by atoms with Crippen molar-refractivity contribution in [2.45, 2.75) is 9.62 Å². The molecule has 1 aliphatic heterocycles. The van der Waals surface area contributed by atoms with E-state index in [4.69, 9.17) is 34.8 Å². The van der Waals surface area contributed by atoms with Crippen molar-refractivity contribution in [3.63, 3.8) is 0 Å². The van der Waals surface area contributed by atoms with Gasteiger partial charge < -0.3 is 5.32 Å². The van der Waals surface area contributed by atoms with E-state index in [1.54, 1.807) is 0 Å². The fourth-order valence-electron chi connectivity index (χ4n) is 3.50. The van der Waals surface area contributed by atoms with Crippen LogP contribution in [-0.2, 0) is 15.4 Å². The number of halogens is 4. The van der Waals surface area contributed by atoms with Gasteiger partial charge in [-0.05, 0) is 42.5 Å². The Morgan fingerprint density at radius 3 is 2.56 bits per heavy atom. The molecule has 1 saturated heterocycles. The Bertz CT molecular complexity index is 1290. The number of aromatic nitrogens is 1. The molecule has 0 atom stereocenters. The van der Waals surface area contributed by atoms with Gasteiger partial charge in [0.1, 0.15) is 10.0 Å². The first-order valence-electron chi connectivity index (χ1n) is 9.22. The van der Waals surface area contributed by atoms with Crippen LogP contribution in [0.1, 0.15) is 16.1 Å². The maximum atomic E-state index is 14.6. The van der Waals surface area contributed by atoms with Crippen LogP contribution in [-0.4, -0.2) is 43.2 Å². The van der Waals surface area contributed by atoms with Gasteiger partial charge in [0.2, 0.25) is 0 Å². The molecule has 1 amide bonds. The van der Waals surface area contributed by atoms with Gasteiger partial charge in [0.25, 0.3) is 15.9 Å². The first-order valence-corrected chi connectivity index (χ1v) is 12.6. The summed E-state index contributed by atoms with van der Waals surface area (Å²) in [7, 11) is -3.81. The summed E-state index contributed by atoms with van der Waals surface area (Å²) in [6.07, 6.45) is 1.42. The fraction of sp³-hybridized carbons (Fsp3) is 0.200. The number of pyridine rings is 1. The Labute approximate surface area is 203 Å². The third-order valence-electron chi connectivity index (χ3n) is 5.12. The molecule has 168 valence electrons. The lowest BCUT2D eigenvalue weighted by atomic mass is 9.77. The van der Waals surface area contributed by atoms with Crippen molar-refractivity contribution in [3.05, 3.63) is 80.1 Å². The molecular weight excluding hydrogens is 520 g/mol. The highest BCUT2D eigenvalue weighted by molar-refractivity contribution is 7.91. The lowest BCUT2D eigenvalue weighted by Crippen LogP contribution is -2.65. The SMILES string of the molecule is O=C(NCC1(c2ncccc2F)CN(S(=O)(=O)c2ccc(Cl)s2)C1)c1ccc(Cl)cc1Cl. The number of hydrogen-bond donors (Lipinski definition) is 1. The molecule has 0 aliphatic carbocycles. The average molecular weight is 535 g/mol. The smallest absolute Gasteiger partial charge is 0.252 e. The predicted octanol–water partition coefficient (Wildman–Crippen LogP) is 4.61. The van der Waals surface area contributed by atoms with Crippen molar-refractivity contribution in [1.29, 1.82) is 0 Å². The van der Waals surface area contributed by atoms with Crippen LogP contribution >= 0.6 is 46.1 Å². The summed E-state index contributed by atoms with van der Waals surface area (Å²) in [5.74, 6) is -1.07. The summed E-state index contributed by atoms with van der Waals surface area (Å²) in [4.78, 5) is 16.8. The summed E-state index contributed by atoms with van der Waals surface area (Å²) < 4.78 is 42.1. The number of carbonyl (C=O) groups is 1. The van der Waals surface area contributed by atoms with Crippen LogP contribution in [0.5, 0.6) is 0 Å². The number of nitrogens with zero attached hydrogens (tertiary/aromatic N) is 2. The zero-order valence-corrected chi connectivity index (χ0v) is 20.1. The second kappa shape index (κ2) is 8.89. The summed E-state index contributed by atoms with van der Waals surface area (Å²) in [5, 5.41) is 3.28. The summed E-state index contributed by atoms with van der Waals surface area (Å²) in [6.45, 7) is -0.170. The van der Waals surface area contributed by atoms with E-state index in [1.165, 1.54) is 53.0 Å². The molecule has 32 heavy (non-hydrogen) atoms. The number of nitrogens with one attached hydrogen (secondary N) is 1. The highest BCUT2D eigenvalue weighted by Crippen LogP contribution is 2.39. The van der Waals surface area contributed by atoms with Gasteiger partial charge in [0, 0.05) is 30.9 Å². The minimum Gasteiger partial charge on any atom is -0.351 e. The van der Waals surface area contributed by atoms with E-state index < -0.39 is 27.2 Å². The normalized spacial score (nSPS) is 15.9. The number of sulfonamides is 1. The molecule has 1 aliphatic rings. The summed E-state index contributed by atoms with van der Waals surface area (Å²) in [5.41, 5.74) is -0.767. The van der Waals surface area contributed by atoms with Gasteiger partial charge in [0.05, 0.1) is 26.0 Å². The van der Waals surface area contributed by atoms with E-state index >= 15 is 0 Å². The van der Waals surface area contributed by atoms with Crippen LogP contribution in [0.25, 0.3) is 0 Å². The molecule has 3 heterocycles. The molecule has 3 aromatic rings. The van der Waals surface area contributed by atoms with Crippen LogP contribution in [0.3, 0.4) is 0 Å². The number of amides is 1. The van der Waals surface area contributed by atoms with Crippen molar-refractivity contribution in [3.8, 4) is 0 Å². The van der Waals surface area contributed by atoms with Crippen molar-refractivity contribution in [2.75, 3.05) is 19.6 Å². The van der Waals surface area contributed by atoms with Crippen molar-refractivity contribution >= 4 is 62.1 Å². The molecule has 0 bridgehead atoms. The van der Waals surface area contributed by atoms with Gasteiger partial charge in [-0.2, -0.15) is 4.31 Å². The summed E-state index contributed by atoms with van der Waals surface area (Å²) >= 11 is 18.8. The van der Waals surface area contributed by atoms with Crippen molar-refractivity contribution in [1.82, 2.24) is 14.6 Å². The van der Waals surface area contributed by atoms with Crippen LogP contribution in [0, 0.1) is 5.82 Å². The van der Waals surface area contributed by atoms with Gasteiger partial charge >= 0.3 is 0 Å². The molecule has 4 rings (SSSR count). The van der Waals surface area contributed by atoms with E-state index in [9.17, 15) is 17.6 Å². The minimum atomic E-state index is -3.81. The van der Waals surface area contributed by atoms with Gasteiger partial charge in [-0.1, -0.05) is 34.8 Å². The molecule has 1 aromatic carbocycles. The molecule has 0 radical (unpaired) electrons. The molecule has 0 spiro atoms. The molecule has 1 N–H and O–H groups in total. The molecule has 2 aromatic heterocycles. The Balaban J connectivity index is 1.59. The van der Waals surface area contributed by atoms with Crippen LogP contribution < -0.4 is 5.32 Å². The van der Waals surface area contributed by atoms with Crippen LogP contribution in [0.2, 0.25) is 14.4 Å². The second-order valence-electron chi connectivity index (χ2n) is 7.25. The zero-order valence-electron chi connectivity index (χ0n) is 16.2. The van der Waals surface area contributed by atoms with Gasteiger partial charge in [-0.3, -0.25) is 9.78 Å². The van der Waals surface area contributed by atoms with Gasteiger partial charge in [-0.15, -0.1) is 11.3 Å². The lowest BCUT2D eigenvalue weighted by molar-refractivity contribution is 0.0895. The minimum absolute atomic E-state index is 0.0457. The van der Waals surface area contributed by atoms with Crippen LogP contribution in [0.4, 0.5) is 4.39 Å². The Morgan fingerprint density at radius 2 is 1.94 bits per heavy atom. The maximum absolute atomic E-state index is 14.6. The third kappa shape index (κ3) is 4.37. The zero-order chi connectivity index (χ0) is 23.1. The largest absolute Gasteiger partial charge is 0.351 e. The van der Waals surface area contributed by atoms with Crippen molar-refractivity contribution in [2.24, 2.45) is 0 Å². The van der Waals surface area contributed by atoms with E-state index in [1.807, 2.05) is 0 Å². The standard InChI is InChI=1S/C20H15Cl3FN3O3S2/c21-12-3-4-13(14(22)8-12)19(28)26-9-20(18-15(24)2-1-7-25-18)10-27(11-20)32(29,30)17-6-5-16(23)31-17/h1-8H,9-11H2,(H,26,28). The van der Waals surface area contributed by atoms with Gasteiger partial charge in [-0.25, -0.2) is 12.8 Å². The molecule has 12 heteroatoms. The predicted molar refractivity (Wildman–Crippen MR) is 123 cm³/mol. The molecule has 0 unspecified atom stereocenters. The van der Waals surface area contributed by atoms with E-state index in [0.717, 1.165) is 11.3 Å². The average Bonchev–Trinajstić information content (AvgIpc) is 3.15. The number of carbonyl (C=O) groups excluding carboxylic acids is 1. The molecule has 1 fully saturated rings. The monoisotopic (exact) mass is 533 g/mol. The Kier molecular flexibility index (Phi) is 6.50. The number of hydrogen-bond acceptors (Lipinski definition) is 5. The van der Waals surface area contributed by atoms with Gasteiger partial charge in [0.15, 0.2) is 0 Å². The number of benzene rings is 1. The molecular formula is C20H15Cl3FN3O3S2. The molecule has 6 nitrogen and oxygen atoms in total. The topological polar surface area (TPSA) is 79.4 Å². The highest BCUT2D eigenvalue weighted by Gasteiger charge is 2.52. The van der Waals surface area contributed by atoms with E-state index in [-0.39, 0.29) is 40.1 Å². The van der Waals surface area contributed by atoms with E-state index in [2.05, 4.69) is 10.3 Å². The highest BCUT2D eigenvalue weighted by atomic mass is 35.5. The van der Waals surface area contributed by atoms with E-state index in [0.29, 0.717) is 9.36 Å². The third-order valence-corrected chi connectivity index (χ3v) is 9.16. The fourth-order valence-corrected chi connectivity index (χ4v) is 7.25. The second-order valence-corrected chi connectivity index (χ2v) is 12.0. The quantitative estimate of drug-likeness (QED) is 0.501.